The van der Waals surface area contributed by atoms with Crippen LogP contribution in [0.1, 0.15) is 30.6 Å². The van der Waals surface area contributed by atoms with Crippen molar-refractivity contribution in [1.82, 2.24) is 5.32 Å². The second-order valence-corrected chi connectivity index (χ2v) is 4.61. The van der Waals surface area contributed by atoms with Gasteiger partial charge in [0.2, 0.25) is 5.91 Å². The number of nitrogens with one attached hydrogen (secondary N) is 1. The first-order chi connectivity index (χ1) is 9.97. The van der Waals surface area contributed by atoms with Crippen molar-refractivity contribution >= 4 is 11.9 Å². The summed E-state index contributed by atoms with van der Waals surface area (Å²) in [5.74, 6) is -0.661. The van der Waals surface area contributed by atoms with Gasteiger partial charge in [0, 0.05) is 7.05 Å². The zero-order valence-corrected chi connectivity index (χ0v) is 12.2. The highest BCUT2D eigenvalue weighted by molar-refractivity contribution is 5.78. The van der Waals surface area contributed by atoms with Gasteiger partial charge in [-0.15, -0.1) is 0 Å². The third-order valence-corrected chi connectivity index (χ3v) is 3.01. The normalized spacial score (nSPS) is 13.3. The topological polar surface area (TPSA) is 95.9 Å². The number of carbonyl (C=O) groups is 2. The molecular weight excluding hydrogens is 274 g/mol. The van der Waals surface area contributed by atoms with Gasteiger partial charge in [0.1, 0.15) is 6.10 Å². The molecule has 0 heterocycles. The van der Waals surface area contributed by atoms with Crippen LogP contribution in [0.15, 0.2) is 24.3 Å². The Kier molecular flexibility index (Phi) is 6.84. The predicted molar refractivity (Wildman–Crippen MR) is 76.4 cm³/mol. The van der Waals surface area contributed by atoms with Crippen LogP contribution in [0.4, 0.5) is 0 Å². The Hall–Kier alpha value is -1.92. The summed E-state index contributed by atoms with van der Waals surface area (Å²) in [6.07, 6.45) is -2.43. The van der Waals surface area contributed by atoms with Gasteiger partial charge in [0.05, 0.1) is 25.6 Å². The summed E-state index contributed by atoms with van der Waals surface area (Å²) in [7, 11) is 1.56. The van der Waals surface area contributed by atoms with Gasteiger partial charge < -0.3 is 20.3 Å². The summed E-state index contributed by atoms with van der Waals surface area (Å²) >= 11 is 0. The lowest BCUT2D eigenvalue weighted by atomic mass is 10.00. The number of esters is 1. The summed E-state index contributed by atoms with van der Waals surface area (Å²) in [5, 5.41) is 22.3. The van der Waals surface area contributed by atoms with Crippen LogP contribution in [0.25, 0.3) is 0 Å². The molecule has 0 aromatic heterocycles. The van der Waals surface area contributed by atoms with Crippen molar-refractivity contribution in [3.05, 3.63) is 35.4 Å². The van der Waals surface area contributed by atoms with Crippen molar-refractivity contribution in [2.75, 3.05) is 13.7 Å². The lowest BCUT2D eigenvalue weighted by Gasteiger charge is -2.17. The molecule has 0 bridgehead atoms. The summed E-state index contributed by atoms with van der Waals surface area (Å²) in [6.45, 7) is 1.90. The molecule has 0 aliphatic carbocycles. The van der Waals surface area contributed by atoms with Crippen molar-refractivity contribution in [2.24, 2.45) is 0 Å². The molecule has 21 heavy (non-hydrogen) atoms. The summed E-state index contributed by atoms with van der Waals surface area (Å²) in [5.41, 5.74) is 1.28. The van der Waals surface area contributed by atoms with Crippen LogP contribution in [0, 0.1) is 0 Å². The molecule has 6 nitrogen and oxygen atoms in total. The lowest BCUT2D eigenvalue weighted by molar-refractivity contribution is -0.147. The second kappa shape index (κ2) is 8.39. The molecule has 0 aliphatic heterocycles. The van der Waals surface area contributed by atoms with E-state index in [4.69, 9.17) is 4.74 Å². The number of carbonyl (C=O) groups excluding carboxylic acids is 2. The van der Waals surface area contributed by atoms with Crippen LogP contribution in [0.3, 0.4) is 0 Å². The molecule has 0 radical (unpaired) electrons. The van der Waals surface area contributed by atoms with E-state index in [1.165, 1.54) is 0 Å². The highest BCUT2D eigenvalue weighted by atomic mass is 16.5. The number of rotatable bonds is 7. The van der Waals surface area contributed by atoms with E-state index in [2.05, 4.69) is 5.32 Å². The van der Waals surface area contributed by atoms with Crippen molar-refractivity contribution < 1.29 is 24.5 Å². The molecule has 2 atom stereocenters. The van der Waals surface area contributed by atoms with Crippen LogP contribution in [0.5, 0.6) is 0 Å². The fourth-order valence-corrected chi connectivity index (χ4v) is 1.83. The van der Waals surface area contributed by atoms with E-state index in [0.29, 0.717) is 5.56 Å². The molecule has 1 rings (SSSR count). The number of amides is 1. The van der Waals surface area contributed by atoms with E-state index in [0.717, 1.165) is 5.56 Å². The van der Waals surface area contributed by atoms with Gasteiger partial charge in [0.15, 0.2) is 0 Å². The summed E-state index contributed by atoms with van der Waals surface area (Å²) in [4.78, 5) is 22.5. The minimum absolute atomic E-state index is 0.106. The van der Waals surface area contributed by atoms with E-state index in [9.17, 15) is 19.8 Å². The van der Waals surface area contributed by atoms with Gasteiger partial charge >= 0.3 is 5.97 Å². The first-order valence-electron chi connectivity index (χ1n) is 6.79. The number of ether oxygens (including phenoxy) is 1. The molecule has 0 saturated heterocycles. The van der Waals surface area contributed by atoms with Crippen molar-refractivity contribution in [3.8, 4) is 0 Å². The van der Waals surface area contributed by atoms with Crippen LogP contribution in [0.2, 0.25) is 0 Å². The van der Waals surface area contributed by atoms with Gasteiger partial charge in [-0.2, -0.15) is 0 Å². The number of aliphatic hydroxyl groups excluding tert-OH is 2. The Morgan fingerprint density at radius 3 is 2.38 bits per heavy atom. The molecule has 1 aromatic carbocycles. The van der Waals surface area contributed by atoms with E-state index >= 15 is 0 Å². The van der Waals surface area contributed by atoms with E-state index in [1.54, 1.807) is 38.2 Å². The molecule has 0 saturated carbocycles. The van der Waals surface area contributed by atoms with Crippen LogP contribution in [-0.4, -0.2) is 41.8 Å². The fourth-order valence-electron chi connectivity index (χ4n) is 1.83. The Labute approximate surface area is 123 Å². The number of hydrogen-bond acceptors (Lipinski definition) is 5. The molecule has 0 fully saturated rings. The fraction of sp³-hybridized carbons (Fsp3) is 0.467. The number of hydrogen-bond donors (Lipinski definition) is 3. The van der Waals surface area contributed by atoms with E-state index < -0.39 is 18.2 Å². The van der Waals surface area contributed by atoms with E-state index in [1.807, 2.05) is 0 Å². The number of aliphatic hydroxyl groups is 2. The zero-order valence-electron chi connectivity index (χ0n) is 12.2. The zero-order chi connectivity index (χ0) is 15.8. The monoisotopic (exact) mass is 295 g/mol. The van der Waals surface area contributed by atoms with Crippen LogP contribution in [-0.2, 0) is 20.7 Å². The standard InChI is InChI=1S/C15H21NO5/c1-3-21-14(19)9-12(17)15(20)11-6-4-10(5-7-11)8-13(18)16-2/h4-7,12,15,17,20H,3,8-9H2,1-2H3,(H,16,18). The number of benzene rings is 1. The Morgan fingerprint density at radius 1 is 1.24 bits per heavy atom. The number of likely N-dealkylation sites (N-methyl/N-ethyl adjacent to an activating group) is 1. The third kappa shape index (κ3) is 5.53. The minimum Gasteiger partial charge on any atom is -0.466 e. The maximum absolute atomic E-state index is 11.3. The van der Waals surface area contributed by atoms with Crippen molar-refractivity contribution in [3.63, 3.8) is 0 Å². The summed E-state index contributed by atoms with van der Waals surface area (Å²) < 4.78 is 4.72. The molecule has 1 amide bonds. The second-order valence-electron chi connectivity index (χ2n) is 4.61. The highest BCUT2D eigenvalue weighted by Gasteiger charge is 2.22. The van der Waals surface area contributed by atoms with Crippen LogP contribution < -0.4 is 5.32 Å². The average molecular weight is 295 g/mol. The Balaban J connectivity index is 2.63. The van der Waals surface area contributed by atoms with Gasteiger partial charge in [-0.25, -0.2) is 0 Å². The van der Waals surface area contributed by atoms with Gasteiger partial charge in [-0.3, -0.25) is 9.59 Å². The van der Waals surface area contributed by atoms with Crippen molar-refractivity contribution in [2.45, 2.75) is 32.0 Å². The molecular formula is C15H21NO5. The highest BCUT2D eigenvalue weighted by Crippen LogP contribution is 2.20. The molecule has 116 valence electrons. The minimum atomic E-state index is -1.23. The van der Waals surface area contributed by atoms with Crippen LogP contribution >= 0.6 is 0 Å². The third-order valence-electron chi connectivity index (χ3n) is 3.01. The molecule has 6 heteroatoms. The molecule has 2 unspecified atom stereocenters. The summed E-state index contributed by atoms with van der Waals surface area (Å²) in [6, 6.07) is 6.64. The first-order valence-corrected chi connectivity index (χ1v) is 6.79. The Bertz CT molecular complexity index is 471. The average Bonchev–Trinajstić information content (AvgIpc) is 2.47. The maximum atomic E-state index is 11.3. The molecule has 0 aliphatic rings. The quantitative estimate of drug-likeness (QED) is 0.630. The predicted octanol–water partition coefficient (Wildman–Crippen LogP) is 0.323. The van der Waals surface area contributed by atoms with Gasteiger partial charge in [-0.05, 0) is 18.1 Å². The first kappa shape index (κ1) is 17.1. The SMILES string of the molecule is CCOC(=O)CC(O)C(O)c1ccc(CC(=O)NC)cc1. The molecule has 1 aromatic rings. The van der Waals surface area contributed by atoms with Gasteiger partial charge in [0.25, 0.3) is 0 Å². The smallest absolute Gasteiger partial charge is 0.308 e. The lowest BCUT2D eigenvalue weighted by Crippen LogP contribution is -2.23. The molecule has 3 N–H and O–H groups in total. The Morgan fingerprint density at radius 2 is 1.86 bits per heavy atom. The molecule has 0 spiro atoms. The maximum Gasteiger partial charge on any atom is 0.308 e. The van der Waals surface area contributed by atoms with Crippen molar-refractivity contribution in [1.29, 1.82) is 0 Å². The largest absolute Gasteiger partial charge is 0.466 e. The van der Waals surface area contributed by atoms with E-state index in [-0.39, 0.29) is 25.4 Å². The van der Waals surface area contributed by atoms with Gasteiger partial charge in [-0.1, -0.05) is 24.3 Å².